The molecule has 0 radical (unpaired) electrons. The Morgan fingerprint density at radius 1 is 1.13 bits per heavy atom. The summed E-state index contributed by atoms with van der Waals surface area (Å²) in [6, 6.07) is 13.4. The molecule has 5 nitrogen and oxygen atoms in total. The first kappa shape index (κ1) is 21.3. The number of hydrogen-bond acceptors (Lipinski definition) is 3. The van der Waals surface area contributed by atoms with E-state index >= 15 is 0 Å². The Bertz CT molecular complexity index is 1070. The quantitative estimate of drug-likeness (QED) is 0.545. The molecule has 8 heteroatoms. The van der Waals surface area contributed by atoms with E-state index in [1.165, 1.54) is 10.6 Å². The van der Waals surface area contributed by atoms with Crippen molar-refractivity contribution in [3.8, 4) is 11.1 Å². The normalized spacial score (nSPS) is 11.5. The van der Waals surface area contributed by atoms with Gasteiger partial charge in [0.2, 0.25) is 0 Å². The van der Waals surface area contributed by atoms with Crippen LogP contribution >= 0.6 is 0 Å². The van der Waals surface area contributed by atoms with Gasteiger partial charge in [-0.15, -0.1) is 0 Å². The highest BCUT2D eigenvalue weighted by Crippen LogP contribution is 2.32. The molecule has 0 bridgehead atoms. The number of carbonyl (C=O) groups is 2. The van der Waals surface area contributed by atoms with Crippen molar-refractivity contribution in [3.63, 3.8) is 0 Å². The van der Waals surface area contributed by atoms with Gasteiger partial charge in [-0.25, -0.2) is 9.78 Å². The van der Waals surface area contributed by atoms with E-state index < -0.39 is 23.5 Å². The van der Waals surface area contributed by atoms with Gasteiger partial charge in [0, 0.05) is 13.0 Å². The van der Waals surface area contributed by atoms with Crippen LogP contribution in [-0.2, 0) is 19.1 Å². The summed E-state index contributed by atoms with van der Waals surface area (Å²) >= 11 is 0. The van der Waals surface area contributed by atoms with E-state index in [0.29, 0.717) is 29.5 Å². The number of aldehydes is 1. The zero-order valence-corrected chi connectivity index (χ0v) is 16.1. The molecule has 0 aliphatic carbocycles. The fourth-order valence-corrected chi connectivity index (χ4v) is 3.33. The topological polar surface area (TPSA) is 72.2 Å². The van der Waals surface area contributed by atoms with Crippen molar-refractivity contribution in [3.05, 3.63) is 76.9 Å². The average Bonchev–Trinajstić information content (AvgIpc) is 3.06. The van der Waals surface area contributed by atoms with E-state index in [1.807, 2.05) is 6.92 Å². The Kier molecular flexibility index (Phi) is 6.05. The Morgan fingerprint density at radius 3 is 2.37 bits per heavy atom. The molecule has 0 amide bonds. The van der Waals surface area contributed by atoms with Gasteiger partial charge in [0.05, 0.1) is 5.56 Å². The Morgan fingerprint density at radius 2 is 1.80 bits per heavy atom. The van der Waals surface area contributed by atoms with Crippen molar-refractivity contribution in [2.75, 3.05) is 0 Å². The van der Waals surface area contributed by atoms with E-state index in [4.69, 9.17) is 0 Å². The van der Waals surface area contributed by atoms with Crippen molar-refractivity contribution in [1.82, 2.24) is 9.55 Å². The molecule has 156 valence electrons. The standard InChI is InChI=1S/C22H19F3N2O3/c1-2-5-19-26-20(22(23,24)25)18(13-28)27(19)12-14-8-10-15(11-9-14)16-6-3-4-7-17(16)21(29)30/h3-4,6-11,13H,2,5,12H2,1H3,(H,29,30). The Labute approximate surface area is 170 Å². The van der Waals surface area contributed by atoms with E-state index in [-0.39, 0.29) is 24.2 Å². The number of carboxylic acid groups (broad SMARTS) is 1. The van der Waals surface area contributed by atoms with Crippen LogP contribution in [0.25, 0.3) is 11.1 Å². The molecule has 2 aromatic carbocycles. The number of benzene rings is 2. The highest BCUT2D eigenvalue weighted by atomic mass is 19.4. The molecule has 0 atom stereocenters. The molecule has 1 aromatic heterocycles. The van der Waals surface area contributed by atoms with Gasteiger partial charge in [0.25, 0.3) is 0 Å². The zero-order chi connectivity index (χ0) is 21.9. The zero-order valence-electron chi connectivity index (χ0n) is 16.1. The lowest BCUT2D eigenvalue weighted by atomic mass is 9.99. The summed E-state index contributed by atoms with van der Waals surface area (Å²) in [7, 11) is 0. The number of carbonyl (C=O) groups excluding carboxylic acids is 1. The van der Waals surface area contributed by atoms with Gasteiger partial charge in [-0.2, -0.15) is 13.2 Å². The number of imidazole rings is 1. The summed E-state index contributed by atoms with van der Waals surface area (Å²) in [5.41, 5.74) is 0.363. The van der Waals surface area contributed by atoms with Crippen LogP contribution in [0.3, 0.4) is 0 Å². The average molecular weight is 416 g/mol. The maximum atomic E-state index is 13.3. The molecule has 1 N–H and O–H groups in total. The second kappa shape index (κ2) is 8.52. The van der Waals surface area contributed by atoms with Gasteiger partial charge >= 0.3 is 12.1 Å². The largest absolute Gasteiger partial charge is 0.478 e. The number of nitrogens with zero attached hydrogens (tertiary/aromatic N) is 2. The predicted octanol–water partition coefficient (Wildman–Crippen LogP) is 5.08. The third kappa shape index (κ3) is 4.27. The van der Waals surface area contributed by atoms with Gasteiger partial charge in [-0.05, 0) is 29.2 Å². The molecule has 1 heterocycles. The van der Waals surface area contributed by atoms with Crippen molar-refractivity contribution in [2.45, 2.75) is 32.5 Å². The third-order valence-electron chi connectivity index (χ3n) is 4.70. The van der Waals surface area contributed by atoms with E-state index in [2.05, 4.69) is 4.98 Å². The molecule has 0 saturated carbocycles. The second-order valence-electron chi connectivity index (χ2n) is 6.76. The van der Waals surface area contributed by atoms with Crippen LogP contribution < -0.4 is 0 Å². The first-order valence-electron chi connectivity index (χ1n) is 9.29. The molecule has 0 saturated heterocycles. The van der Waals surface area contributed by atoms with Gasteiger partial charge in [0.1, 0.15) is 11.5 Å². The monoisotopic (exact) mass is 416 g/mol. The number of halogens is 3. The molecular weight excluding hydrogens is 397 g/mol. The van der Waals surface area contributed by atoms with Crippen LogP contribution in [0.5, 0.6) is 0 Å². The summed E-state index contributed by atoms with van der Waals surface area (Å²) in [6.45, 7) is 1.87. The van der Waals surface area contributed by atoms with Crippen LogP contribution in [0.1, 0.15) is 51.3 Å². The smallest absolute Gasteiger partial charge is 0.435 e. The number of aromatic carboxylic acids is 1. The SMILES string of the molecule is CCCc1nc(C(F)(F)F)c(C=O)n1Cc1ccc(-c2ccccc2C(=O)O)cc1. The molecule has 0 aliphatic heterocycles. The fraction of sp³-hybridized carbons (Fsp3) is 0.227. The van der Waals surface area contributed by atoms with Crippen LogP contribution in [-0.4, -0.2) is 26.9 Å². The molecule has 0 fully saturated rings. The fourth-order valence-electron chi connectivity index (χ4n) is 3.33. The van der Waals surface area contributed by atoms with Crippen molar-refractivity contribution < 1.29 is 27.9 Å². The summed E-state index contributed by atoms with van der Waals surface area (Å²) < 4.78 is 41.1. The molecule has 0 spiro atoms. The number of aromatic nitrogens is 2. The van der Waals surface area contributed by atoms with E-state index in [9.17, 15) is 27.9 Å². The first-order valence-corrected chi connectivity index (χ1v) is 9.29. The van der Waals surface area contributed by atoms with Crippen molar-refractivity contribution in [2.24, 2.45) is 0 Å². The van der Waals surface area contributed by atoms with Crippen LogP contribution in [0.4, 0.5) is 13.2 Å². The summed E-state index contributed by atoms with van der Waals surface area (Å²) in [6.07, 6.45) is -3.64. The van der Waals surface area contributed by atoms with E-state index in [1.54, 1.807) is 42.5 Å². The number of alkyl halides is 3. The Hall–Kier alpha value is -3.42. The molecular formula is C22H19F3N2O3. The lowest BCUT2D eigenvalue weighted by Crippen LogP contribution is -2.12. The summed E-state index contributed by atoms with van der Waals surface area (Å²) in [4.78, 5) is 26.5. The van der Waals surface area contributed by atoms with Gasteiger partial charge in [-0.3, -0.25) is 4.79 Å². The highest BCUT2D eigenvalue weighted by molar-refractivity contribution is 5.96. The lowest BCUT2D eigenvalue weighted by molar-refractivity contribution is -0.141. The van der Waals surface area contributed by atoms with Crippen LogP contribution in [0, 0.1) is 0 Å². The van der Waals surface area contributed by atoms with Crippen molar-refractivity contribution >= 4 is 12.3 Å². The molecule has 30 heavy (non-hydrogen) atoms. The van der Waals surface area contributed by atoms with Gasteiger partial charge in [0.15, 0.2) is 12.0 Å². The van der Waals surface area contributed by atoms with Crippen LogP contribution in [0.15, 0.2) is 48.5 Å². The molecule has 3 rings (SSSR count). The molecule has 0 aliphatic rings. The maximum Gasteiger partial charge on any atom is 0.435 e. The first-order chi connectivity index (χ1) is 14.3. The maximum absolute atomic E-state index is 13.3. The minimum atomic E-state index is -4.71. The summed E-state index contributed by atoms with van der Waals surface area (Å²) in [5.74, 6) is -0.847. The molecule has 3 aromatic rings. The van der Waals surface area contributed by atoms with Crippen molar-refractivity contribution in [1.29, 1.82) is 0 Å². The predicted molar refractivity (Wildman–Crippen MR) is 105 cm³/mol. The van der Waals surface area contributed by atoms with Crippen LogP contribution in [0.2, 0.25) is 0 Å². The number of rotatable bonds is 7. The third-order valence-corrected chi connectivity index (χ3v) is 4.70. The minimum absolute atomic E-state index is 0.0490. The summed E-state index contributed by atoms with van der Waals surface area (Å²) in [5, 5.41) is 9.35. The number of aryl methyl sites for hydroxylation is 1. The lowest BCUT2D eigenvalue weighted by Gasteiger charge is -2.11. The number of hydrogen-bond donors (Lipinski definition) is 1. The van der Waals surface area contributed by atoms with Gasteiger partial charge < -0.3 is 9.67 Å². The van der Waals surface area contributed by atoms with E-state index in [0.717, 1.165) is 0 Å². The molecule has 0 unspecified atom stereocenters. The minimum Gasteiger partial charge on any atom is -0.478 e. The highest BCUT2D eigenvalue weighted by Gasteiger charge is 2.38. The number of carboxylic acids is 1. The second-order valence-corrected chi connectivity index (χ2v) is 6.76. The van der Waals surface area contributed by atoms with Gasteiger partial charge in [-0.1, -0.05) is 49.4 Å². The Balaban J connectivity index is 1.97.